The summed E-state index contributed by atoms with van der Waals surface area (Å²) in [5.41, 5.74) is 10.3. The van der Waals surface area contributed by atoms with Crippen LogP contribution < -0.4 is 5.73 Å². The average Bonchev–Trinajstić information content (AvgIpc) is 2.35. The summed E-state index contributed by atoms with van der Waals surface area (Å²) < 4.78 is 32.1. The van der Waals surface area contributed by atoms with Gasteiger partial charge in [-0.15, -0.1) is 0 Å². The van der Waals surface area contributed by atoms with Gasteiger partial charge in [-0.2, -0.15) is 8.42 Å². The first-order chi connectivity index (χ1) is 8.97. The fourth-order valence-corrected chi connectivity index (χ4v) is 3.40. The number of fused-ring (bicyclic) bond motifs is 2. The number of benzene rings is 2. The number of hydrogen-bond donors (Lipinski definition) is 2. The van der Waals surface area contributed by atoms with Gasteiger partial charge in [0.25, 0.3) is 10.1 Å². The Morgan fingerprint density at radius 2 is 1.53 bits per heavy atom. The van der Waals surface area contributed by atoms with E-state index in [0.717, 1.165) is 22.4 Å². The lowest BCUT2D eigenvalue weighted by molar-refractivity contribution is 0.482. The smallest absolute Gasteiger partial charge is 0.294 e. The zero-order valence-corrected chi connectivity index (χ0v) is 10.9. The lowest BCUT2D eigenvalue weighted by Gasteiger charge is -2.22. The van der Waals surface area contributed by atoms with Crippen LogP contribution in [0.5, 0.6) is 0 Å². The van der Waals surface area contributed by atoms with Gasteiger partial charge in [0, 0.05) is 12.1 Å². The van der Waals surface area contributed by atoms with Crippen LogP contribution in [0.2, 0.25) is 0 Å². The maximum absolute atomic E-state index is 11.4. The Morgan fingerprint density at radius 3 is 2.21 bits per heavy atom. The van der Waals surface area contributed by atoms with Crippen molar-refractivity contribution in [3.8, 4) is 0 Å². The van der Waals surface area contributed by atoms with Crippen LogP contribution in [-0.4, -0.2) is 13.0 Å². The Balaban J connectivity index is 2.21. The van der Waals surface area contributed by atoms with Crippen molar-refractivity contribution in [3.05, 3.63) is 58.7 Å². The van der Waals surface area contributed by atoms with Crippen LogP contribution >= 0.6 is 0 Å². The molecule has 0 amide bonds. The molecule has 0 aliphatic heterocycles. The van der Waals surface area contributed by atoms with E-state index in [2.05, 4.69) is 0 Å². The molecule has 0 fully saturated rings. The minimum atomic E-state index is -4.19. The van der Waals surface area contributed by atoms with Crippen molar-refractivity contribution in [1.29, 1.82) is 0 Å². The number of nitrogens with two attached hydrogens (primary N) is 1. The number of rotatable bonds is 1. The average molecular weight is 275 g/mol. The standard InChI is InChI=1S/C14H13NO3S/c15-13-5-1-3-9-8-12-10(7-11(9)13)4-2-6-14(12)19(16,17)18/h1-6H,7-8,15H2,(H,16,17,18). The topological polar surface area (TPSA) is 80.4 Å². The fraction of sp³-hybridized carbons (Fsp3) is 0.143. The van der Waals surface area contributed by atoms with Crippen LogP contribution in [0.3, 0.4) is 0 Å². The van der Waals surface area contributed by atoms with Crippen molar-refractivity contribution in [2.75, 3.05) is 5.73 Å². The second kappa shape index (κ2) is 4.08. The summed E-state index contributed by atoms with van der Waals surface area (Å²) in [7, 11) is -4.19. The Labute approximate surface area is 111 Å². The highest BCUT2D eigenvalue weighted by atomic mass is 32.2. The highest BCUT2D eigenvalue weighted by Gasteiger charge is 2.23. The van der Waals surface area contributed by atoms with E-state index in [0.29, 0.717) is 18.4 Å². The SMILES string of the molecule is Nc1cccc2c1Cc1cccc(S(=O)(=O)O)c1C2. The van der Waals surface area contributed by atoms with E-state index < -0.39 is 10.1 Å². The van der Waals surface area contributed by atoms with Gasteiger partial charge >= 0.3 is 0 Å². The van der Waals surface area contributed by atoms with E-state index >= 15 is 0 Å². The molecule has 0 bridgehead atoms. The van der Waals surface area contributed by atoms with Crippen molar-refractivity contribution in [1.82, 2.24) is 0 Å². The predicted molar refractivity (Wildman–Crippen MR) is 72.7 cm³/mol. The highest BCUT2D eigenvalue weighted by molar-refractivity contribution is 7.85. The van der Waals surface area contributed by atoms with Gasteiger partial charge in [0.1, 0.15) is 0 Å². The second-order valence-electron chi connectivity index (χ2n) is 4.71. The molecule has 2 aromatic carbocycles. The number of nitrogen functional groups attached to an aromatic ring is 1. The largest absolute Gasteiger partial charge is 0.398 e. The van der Waals surface area contributed by atoms with Crippen molar-refractivity contribution < 1.29 is 13.0 Å². The monoisotopic (exact) mass is 275 g/mol. The Bertz CT molecular complexity index is 766. The zero-order valence-electron chi connectivity index (χ0n) is 10.1. The molecule has 0 heterocycles. The molecule has 0 radical (unpaired) electrons. The molecule has 0 saturated heterocycles. The Kier molecular flexibility index (Phi) is 2.62. The third-order valence-electron chi connectivity index (χ3n) is 3.55. The molecule has 98 valence electrons. The van der Waals surface area contributed by atoms with Crippen LogP contribution in [0.25, 0.3) is 0 Å². The molecule has 1 aliphatic rings. The van der Waals surface area contributed by atoms with Crippen LogP contribution in [0.4, 0.5) is 5.69 Å². The maximum atomic E-state index is 11.4. The molecule has 0 aromatic heterocycles. The molecule has 5 heteroatoms. The van der Waals surface area contributed by atoms with Gasteiger partial charge in [-0.05, 0) is 40.8 Å². The van der Waals surface area contributed by atoms with E-state index in [-0.39, 0.29) is 4.90 Å². The van der Waals surface area contributed by atoms with Crippen molar-refractivity contribution >= 4 is 15.8 Å². The molecule has 1 aliphatic carbocycles. The molecule has 0 saturated carbocycles. The van der Waals surface area contributed by atoms with Crippen LogP contribution in [-0.2, 0) is 23.0 Å². The lowest BCUT2D eigenvalue weighted by Crippen LogP contribution is -2.14. The maximum Gasteiger partial charge on any atom is 0.294 e. The third-order valence-corrected chi connectivity index (χ3v) is 4.49. The van der Waals surface area contributed by atoms with E-state index in [4.69, 9.17) is 5.73 Å². The van der Waals surface area contributed by atoms with Gasteiger partial charge in [-0.3, -0.25) is 4.55 Å². The molecule has 0 atom stereocenters. The van der Waals surface area contributed by atoms with Crippen LogP contribution in [0.15, 0.2) is 41.3 Å². The predicted octanol–water partition coefficient (Wildman–Crippen LogP) is 2.01. The number of anilines is 1. The van der Waals surface area contributed by atoms with Gasteiger partial charge in [0.15, 0.2) is 0 Å². The fourth-order valence-electron chi connectivity index (χ4n) is 2.64. The second-order valence-corrected chi connectivity index (χ2v) is 6.10. The van der Waals surface area contributed by atoms with Crippen LogP contribution in [0, 0.1) is 0 Å². The summed E-state index contributed by atoms with van der Waals surface area (Å²) in [6, 6.07) is 10.6. The van der Waals surface area contributed by atoms with E-state index in [9.17, 15) is 13.0 Å². The highest BCUT2D eigenvalue weighted by Crippen LogP contribution is 2.33. The Morgan fingerprint density at radius 1 is 0.947 bits per heavy atom. The van der Waals surface area contributed by atoms with Crippen molar-refractivity contribution in [3.63, 3.8) is 0 Å². The van der Waals surface area contributed by atoms with Crippen LogP contribution in [0.1, 0.15) is 22.3 Å². The molecular formula is C14H13NO3S. The molecule has 3 rings (SSSR count). The van der Waals surface area contributed by atoms with Gasteiger partial charge in [-0.25, -0.2) is 0 Å². The normalized spacial score (nSPS) is 13.7. The van der Waals surface area contributed by atoms with Gasteiger partial charge in [0.2, 0.25) is 0 Å². The van der Waals surface area contributed by atoms with E-state index in [1.165, 1.54) is 6.07 Å². The van der Waals surface area contributed by atoms with Gasteiger partial charge in [0.05, 0.1) is 4.90 Å². The Hall–Kier alpha value is -1.85. The quantitative estimate of drug-likeness (QED) is 0.526. The van der Waals surface area contributed by atoms with E-state index in [1.54, 1.807) is 6.07 Å². The molecular weight excluding hydrogens is 262 g/mol. The number of hydrogen-bond acceptors (Lipinski definition) is 3. The minimum Gasteiger partial charge on any atom is -0.398 e. The molecule has 19 heavy (non-hydrogen) atoms. The molecule has 0 unspecified atom stereocenters. The summed E-state index contributed by atoms with van der Waals surface area (Å²) in [5, 5.41) is 0. The summed E-state index contributed by atoms with van der Waals surface area (Å²) in [5.74, 6) is 0. The third kappa shape index (κ3) is 2.01. The first kappa shape index (κ1) is 12.2. The minimum absolute atomic E-state index is 0.00178. The molecule has 4 nitrogen and oxygen atoms in total. The summed E-state index contributed by atoms with van der Waals surface area (Å²) in [6.45, 7) is 0. The van der Waals surface area contributed by atoms with Crippen molar-refractivity contribution in [2.45, 2.75) is 17.7 Å². The lowest BCUT2D eigenvalue weighted by atomic mass is 9.85. The summed E-state index contributed by atoms with van der Waals surface area (Å²) in [4.78, 5) is -0.00178. The van der Waals surface area contributed by atoms with Gasteiger partial charge in [-0.1, -0.05) is 24.3 Å². The summed E-state index contributed by atoms with van der Waals surface area (Å²) >= 11 is 0. The van der Waals surface area contributed by atoms with Gasteiger partial charge < -0.3 is 5.73 Å². The van der Waals surface area contributed by atoms with E-state index in [1.807, 2.05) is 24.3 Å². The first-order valence-electron chi connectivity index (χ1n) is 5.91. The summed E-state index contributed by atoms with van der Waals surface area (Å²) in [6.07, 6.45) is 1.08. The van der Waals surface area contributed by atoms with Crippen molar-refractivity contribution in [2.24, 2.45) is 0 Å². The molecule has 0 spiro atoms. The molecule has 3 N–H and O–H groups in total. The zero-order chi connectivity index (χ0) is 13.6. The molecule has 2 aromatic rings. The first-order valence-corrected chi connectivity index (χ1v) is 7.35.